The van der Waals surface area contributed by atoms with Gasteiger partial charge >= 0.3 is 0 Å². The largest absolute Gasteiger partial charge is 0.496 e. The second kappa shape index (κ2) is 6.31. The fourth-order valence-electron chi connectivity index (χ4n) is 2.44. The highest BCUT2D eigenvalue weighted by atomic mass is 16.5. The molecule has 3 aromatic carbocycles. The highest BCUT2D eigenvalue weighted by molar-refractivity contribution is 6.02. The molecule has 3 nitrogen and oxygen atoms in total. The first-order valence-corrected chi connectivity index (χ1v) is 7.18. The van der Waals surface area contributed by atoms with Gasteiger partial charge < -0.3 is 4.74 Å². The zero-order valence-corrected chi connectivity index (χ0v) is 12.7. The number of fused-ring (bicyclic) bond motifs is 1. The molecule has 3 aromatic rings. The number of benzene rings is 3. The van der Waals surface area contributed by atoms with Gasteiger partial charge in [0.15, 0.2) is 0 Å². The number of anilines is 1. The van der Waals surface area contributed by atoms with Gasteiger partial charge in [-0.2, -0.15) is 5.10 Å². The second-order valence-electron chi connectivity index (χ2n) is 5.01. The second-order valence-corrected chi connectivity index (χ2v) is 5.01. The van der Waals surface area contributed by atoms with E-state index in [2.05, 4.69) is 17.2 Å². The Morgan fingerprint density at radius 2 is 1.55 bits per heavy atom. The third kappa shape index (κ3) is 2.79. The molecule has 0 aliphatic carbocycles. The van der Waals surface area contributed by atoms with E-state index in [9.17, 15) is 0 Å². The first-order valence-electron chi connectivity index (χ1n) is 7.18. The van der Waals surface area contributed by atoms with Crippen molar-refractivity contribution >= 4 is 22.7 Å². The summed E-state index contributed by atoms with van der Waals surface area (Å²) in [5.74, 6) is 0.879. The van der Waals surface area contributed by atoms with Gasteiger partial charge in [-0.05, 0) is 29.7 Å². The van der Waals surface area contributed by atoms with E-state index in [4.69, 9.17) is 4.74 Å². The Labute approximate surface area is 130 Å². The summed E-state index contributed by atoms with van der Waals surface area (Å²) in [7, 11) is 3.64. The van der Waals surface area contributed by atoms with Gasteiger partial charge in [0.05, 0.1) is 19.0 Å². The summed E-state index contributed by atoms with van der Waals surface area (Å²) in [5, 5.41) is 8.62. The van der Waals surface area contributed by atoms with E-state index in [1.807, 2.05) is 72.9 Å². The van der Waals surface area contributed by atoms with Crippen LogP contribution in [0.4, 0.5) is 5.69 Å². The maximum Gasteiger partial charge on any atom is 0.126 e. The maximum atomic E-state index is 5.42. The molecule has 0 saturated heterocycles. The first-order chi connectivity index (χ1) is 10.8. The summed E-state index contributed by atoms with van der Waals surface area (Å²) in [6.07, 6.45) is 1.88. The van der Waals surface area contributed by atoms with E-state index < -0.39 is 0 Å². The lowest BCUT2D eigenvalue weighted by Gasteiger charge is -2.13. The standard InChI is InChI=1S/C19H18N2O/c1-21(16-8-4-3-5-9-16)20-14-15-12-13-19(22-2)18-11-7-6-10-17(15)18/h3-14H,1-2H3. The molecule has 0 spiro atoms. The van der Waals surface area contributed by atoms with Crippen LogP contribution < -0.4 is 9.75 Å². The van der Waals surface area contributed by atoms with Gasteiger partial charge in [0.1, 0.15) is 5.75 Å². The summed E-state index contributed by atoms with van der Waals surface area (Å²) < 4.78 is 5.42. The third-order valence-corrected chi connectivity index (χ3v) is 3.64. The molecule has 0 radical (unpaired) electrons. The van der Waals surface area contributed by atoms with Crippen molar-refractivity contribution in [3.05, 3.63) is 72.3 Å². The molecule has 110 valence electrons. The van der Waals surface area contributed by atoms with Crippen molar-refractivity contribution in [1.29, 1.82) is 0 Å². The molecule has 0 aliphatic rings. The molecule has 0 heterocycles. The number of ether oxygens (including phenoxy) is 1. The Morgan fingerprint density at radius 3 is 2.27 bits per heavy atom. The Kier molecular flexibility index (Phi) is 4.05. The zero-order valence-electron chi connectivity index (χ0n) is 12.7. The van der Waals surface area contributed by atoms with Gasteiger partial charge in [0, 0.05) is 18.0 Å². The molecule has 0 bridgehead atoms. The molecule has 0 N–H and O–H groups in total. The number of hydrogen-bond acceptors (Lipinski definition) is 3. The van der Waals surface area contributed by atoms with Crippen LogP contribution in [0.1, 0.15) is 5.56 Å². The van der Waals surface area contributed by atoms with Gasteiger partial charge in [-0.25, -0.2) is 0 Å². The summed E-state index contributed by atoms with van der Waals surface area (Å²) in [6, 6.07) is 22.3. The molecule has 0 unspecified atom stereocenters. The molecule has 3 heteroatoms. The number of para-hydroxylation sites is 1. The Balaban J connectivity index is 1.96. The summed E-state index contributed by atoms with van der Waals surface area (Å²) in [6.45, 7) is 0. The van der Waals surface area contributed by atoms with Crippen molar-refractivity contribution in [1.82, 2.24) is 0 Å². The summed E-state index contributed by atoms with van der Waals surface area (Å²) in [5.41, 5.74) is 2.12. The van der Waals surface area contributed by atoms with Crippen molar-refractivity contribution in [3.8, 4) is 5.75 Å². The van der Waals surface area contributed by atoms with Crippen LogP contribution >= 0.6 is 0 Å². The normalized spacial score (nSPS) is 11.0. The third-order valence-electron chi connectivity index (χ3n) is 3.64. The molecule has 22 heavy (non-hydrogen) atoms. The van der Waals surface area contributed by atoms with Crippen LogP contribution in [0.2, 0.25) is 0 Å². The average molecular weight is 290 g/mol. The van der Waals surface area contributed by atoms with Crippen molar-refractivity contribution in [2.45, 2.75) is 0 Å². The molecule has 0 fully saturated rings. The number of methoxy groups -OCH3 is 1. The minimum Gasteiger partial charge on any atom is -0.496 e. The maximum absolute atomic E-state index is 5.42. The van der Waals surface area contributed by atoms with Crippen LogP contribution in [-0.2, 0) is 0 Å². The fraction of sp³-hybridized carbons (Fsp3) is 0.105. The molecule has 3 rings (SSSR count). The number of rotatable bonds is 4. The van der Waals surface area contributed by atoms with E-state index in [0.29, 0.717) is 0 Å². The van der Waals surface area contributed by atoms with Crippen LogP contribution in [0.25, 0.3) is 10.8 Å². The van der Waals surface area contributed by atoms with E-state index in [0.717, 1.165) is 27.8 Å². The van der Waals surface area contributed by atoms with E-state index in [1.165, 1.54) is 0 Å². The molecule has 0 saturated carbocycles. The number of hydrazone groups is 1. The monoisotopic (exact) mass is 290 g/mol. The van der Waals surface area contributed by atoms with Gasteiger partial charge in [-0.1, -0.05) is 42.5 Å². The van der Waals surface area contributed by atoms with Crippen LogP contribution in [0.5, 0.6) is 5.75 Å². The predicted molar refractivity (Wildman–Crippen MR) is 92.9 cm³/mol. The lowest BCUT2D eigenvalue weighted by Crippen LogP contribution is -2.08. The SMILES string of the molecule is COc1ccc(C=NN(C)c2ccccc2)c2ccccc12. The zero-order chi connectivity index (χ0) is 15.4. The summed E-state index contributed by atoms with van der Waals surface area (Å²) >= 11 is 0. The minimum atomic E-state index is 0.879. The molecule has 0 atom stereocenters. The molecule has 0 amide bonds. The van der Waals surface area contributed by atoms with Crippen molar-refractivity contribution in [3.63, 3.8) is 0 Å². The van der Waals surface area contributed by atoms with Crippen molar-refractivity contribution < 1.29 is 4.74 Å². The lowest BCUT2D eigenvalue weighted by atomic mass is 10.0. The van der Waals surface area contributed by atoms with Gasteiger partial charge in [0.2, 0.25) is 0 Å². The smallest absolute Gasteiger partial charge is 0.126 e. The van der Waals surface area contributed by atoms with E-state index in [1.54, 1.807) is 7.11 Å². The van der Waals surface area contributed by atoms with Crippen LogP contribution in [0.3, 0.4) is 0 Å². The van der Waals surface area contributed by atoms with Crippen LogP contribution in [0, 0.1) is 0 Å². The Morgan fingerprint density at radius 1 is 0.864 bits per heavy atom. The van der Waals surface area contributed by atoms with Crippen molar-refractivity contribution in [2.75, 3.05) is 19.2 Å². The van der Waals surface area contributed by atoms with E-state index >= 15 is 0 Å². The van der Waals surface area contributed by atoms with E-state index in [-0.39, 0.29) is 0 Å². The average Bonchev–Trinajstić information content (AvgIpc) is 2.60. The number of nitrogens with zero attached hydrogens (tertiary/aromatic N) is 2. The Bertz CT molecular complexity index is 797. The minimum absolute atomic E-state index is 0.879. The Hall–Kier alpha value is -2.81. The van der Waals surface area contributed by atoms with Gasteiger partial charge in [-0.15, -0.1) is 0 Å². The molecular formula is C19H18N2O. The summed E-state index contributed by atoms with van der Waals surface area (Å²) in [4.78, 5) is 0. The molecular weight excluding hydrogens is 272 g/mol. The molecule has 0 aromatic heterocycles. The van der Waals surface area contributed by atoms with Crippen LogP contribution in [-0.4, -0.2) is 20.4 Å². The van der Waals surface area contributed by atoms with Crippen molar-refractivity contribution in [2.24, 2.45) is 5.10 Å². The highest BCUT2D eigenvalue weighted by Crippen LogP contribution is 2.27. The topological polar surface area (TPSA) is 24.8 Å². The molecule has 0 aliphatic heterocycles. The number of hydrogen-bond donors (Lipinski definition) is 0. The lowest BCUT2D eigenvalue weighted by molar-refractivity contribution is 0.420. The fourth-order valence-corrected chi connectivity index (χ4v) is 2.44. The van der Waals surface area contributed by atoms with Gasteiger partial charge in [0.25, 0.3) is 0 Å². The highest BCUT2D eigenvalue weighted by Gasteiger charge is 2.04. The van der Waals surface area contributed by atoms with Gasteiger partial charge in [-0.3, -0.25) is 5.01 Å². The van der Waals surface area contributed by atoms with Crippen LogP contribution in [0.15, 0.2) is 71.8 Å². The quantitative estimate of drug-likeness (QED) is 0.528. The predicted octanol–water partition coefficient (Wildman–Crippen LogP) is 4.32. The first kappa shape index (κ1) is 14.1.